The standard InChI is InChI=1S/C20H32N4O/c1-3-21-19(22-14-20(2)15-25-16-20)23-18-9-11-24(12-10-18)13-17-7-5-4-6-8-17/h4-8,18H,3,9-16H2,1-2H3,(H2,21,22,23). The first-order valence-corrected chi connectivity index (χ1v) is 9.56. The lowest BCUT2D eigenvalue weighted by atomic mass is 9.89. The van der Waals surface area contributed by atoms with Crippen molar-refractivity contribution in [3.8, 4) is 0 Å². The van der Waals surface area contributed by atoms with E-state index in [1.807, 2.05) is 0 Å². The van der Waals surface area contributed by atoms with Gasteiger partial charge in [-0.1, -0.05) is 37.3 Å². The molecule has 0 amide bonds. The summed E-state index contributed by atoms with van der Waals surface area (Å²) in [5, 5.41) is 7.02. The summed E-state index contributed by atoms with van der Waals surface area (Å²) >= 11 is 0. The molecule has 25 heavy (non-hydrogen) atoms. The van der Waals surface area contributed by atoms with Crippen LogP contribution in [-0.4, -0.2) is 56.3 Å². The SMILES string of the molecule is CCNC(=NCC1(C)COC1)NC1CCN(Cc2ccccc2)CC1. The Bertz CT molecular complexity index is 548. The second-order valence-corrected chi connectivity index (χ2v) is 7.68. The summed E-state index contributed by atoms with van der Waals surface area (Å²) in [6.45, 7) is 11.1. The Morgan fingerprint density at radius 3 is 2.56 bits per heavy atom. The van der Waals surface area contributed by atoms with Crippen LogP contribution in [0.5, 0.6) is 0 Å². The van der Waals surface area contributed by atoms with E-state index in [1.165, 1.54) is 5.56 Å². The van der Waals surface area contributed by atoms with Crippen LogP contribution in [0.1, 0.15) is 32.3 Å². The molecule has 2 aliphatic heterocycles. The molecule has 2 N–H and O–H groups in total. The smallest absolute Gasteiger partial charge is 0.191 e. The zero-order chi connectivity index (χ0) is 17.5. The Morgan fingerprint density at radius 2 is 1.96 bits per heavy atom. The highest BCUT2D eigenvalue weighted by molar-refractivity contribution is 5.80. The van der Waals surface area contributed by atoms with Crippen molar-refractivity contribution in [3.05, 3.63) is 35.9 Å². The number of likely N-dealkylation sites (tertiary alicyclic amines) is 1. The lowest BCUT2D eigenvalue weighted by Crippen LogP contribution is -2.49. The summed E-state index contributed by atoms with van der Waals surface area (Å²) in [6, 6.07) is 11.3. The van der Waals surface area contributed by atoms with Crippen LogP contribution in [0.3, 0.4) is 0 Å². The largest absolute Gasteiger partial charge is 0.380 e. The molecule has 2 saturated heterocycles. The first-order chi connectivity index (χ1) is 12.2. The predicted octanol–water partition coefficient (Wildman–Crippen LogP) is 2.24. The molecule has 0 bridgehead atoms. The Balaban J connectivity index is 1.45. The zero-order valence-electron chi connectivity index (χ0n) is 15.6. The van der Waals surface area contributed by atoms with Crippen LogP contribution in [-0.2, 0) is 11.3 Å². The Labute approximate surface area is 151 Å². The molecule has 2 heterocycles. The van der Waals surface area contributed by atoms with E-state index >= 15 is 0 Å². The van der Waals surface area contributed by atoms with E-state index in [1.54, 1.807) is 0 Å². The third-order valence-electron chi connectivity index (χ3n) is 5.04. The number of nitrogens with one attached hydrogen (secondary N) is 2. The molecule has 138 valence electrons. The Morgan fingerprint density at radius 1 is 1.24 bits per heavy atom. The van der Waals surface area contributed by atoms with Crippen LogP contribution >= 0.6 is 0 Å². The fourth-order valence-electron chi connectivity index (χ4n) is 3.40. The first-order valence-electron chi connectivity index (χ1n) is 9.56. The average molecular weight is 345 g/mol. The first kappa shape index (κ1) is 18.2. The van der Waals surface area contributed by atoms with Gasteiger partial charge < -0.3 is 15.4 Å². The van der Waals surface area contributed by atoms with E-state index in [9.17, 15) is 0 Å². The number of rotatable bonds is 6. The quantitative estimate of drug-likeness (QED) is 0.614. The number of aliphatic imine (C=N–C) groups is 1. The van der Waals surface area contributed by atoms with E-state index in [2.05, 4.69) is 59.7 Å². The van der Waals surface area contributed by atoms with Crippen molar-refractivity contribution < 1.29 is 4.74 Å². The molecule has 1 aromatic carbocycles. The third kappa shape index (κ3) is 5.44. The van der Waals surface area contributed by atoms with Crippen LogP contribution in [0.2, 0.25) is 0 Å². The van der Waals surface area contributed by atoms with Crippen molar-refractivity contribution in [3.63, 3.8) is 0 Å². The highest BCUT2D eigenvalue weighted by atomic mass is 16.5. The van der Waals surface area contributed by atoms with Crippen molar-refractivity contribution in [1.82, 2.24) is 15.5 Å². The number of piperidine rings is 1. The van der Waals surface area contributed by atoms with Gasteiger partial charge in [0.05, 0.1) is 19.8 Å². The molecular formula is C20H32N4O. The molecule has 3 rings (SSSR count). The van der Waals surface area contributed by atoms with Crippen LogP contribution in [0.15, 0.2) is 35.3 Å². The van der Waals surface area contributed by atoms with Crippen molar-refractivity contribution in [2.45, 2.75) is 39.3 Å². The topological polar surface area (TPSA) is 48.9 Å². The van der Waals surface area contributed by atoms with Gasteiger partial charge in [-0.2, -0.15) is 0 Å². The van der Waals surface area contributed by atoms with E-state index in [0.717, 1.165) is 64.7 Å². The number of ether oxygens (including phenoxy) is 1. The number of hydrogen-bond donors (Lipinski definition) is 2. The van der Waals surface area contributed by atoms with Crippen LogP contribution in [0.4, 0.5) is 0 Å². The zero-order valence-corrected chi connectivity index (χ0v) is 15.6. The minimum atomic E-state index is 0.224. The predicted molar refractivity (Wildman–Crippen MR) is 103 cm³/mol. The number of hydrogen-bond acceptors (Lipinski definition) is 3. The summed E-state index contributed by atoms with van der Waals surface area (Å²) in [5.74, 6) is 0.956. The van der Waals surface area contributed by atoms with Gasteiger partial charge in [-0.05, 0) is 25.3 Å². The monoisotopic (exact) mass is 344 g/mol. The van der Waals surface area contributed by atoms with Gasteiger partial charge in [-0.15, -0.1) is 0 Å². The van der Waals surface area contributed by atoms with Crippen LogP contribution < -0.4 is 10.6 Å². The third-order valence-corrected chi connectivity index (χ3v) is 5.04. The van der Waals surface area contributed by atoms with Gasteiger partial charge in [0, 0.05) is 37.6 Å². The fourth-order valence-corrected chi connectivity index (χ4v) is 3.40. The molecule has 1 aromatic rings. The minimum Gasteiger partial charge on any atom is -0.380 e. The molecule has 0 aliphatic carbocycles. The highest BCUT2D eigenvalue weighted by Crippen LogP contribution is 2.26. The van der Waals surface area contributed by atoms with Crippen molar-refractivity contribution in [2.24, 2.45) is 10.4 Å². The number of benzene rings is 1. The molecule has 0 spiro atoms. The van der Waals surface area contributed by atoms with E-state index < -0.39 is 0 Å². The van der Waals surface area contributed by atoms with Gasteiger partial charge in [0.1, 0.15) is 0 Å². The Hall–Kier alpha value is -1.59. The van der Waals surface area contributed by atoms with Gasteiger partial charge >= 0.3 is 0 Å². The van der Waals surface area contributed by atoms with E-state index in [-0.39, 0.29) is 5.41 Å². The summed E-state index contributed by atoms with van der Waals surface area (Å²) in [5.41, 5.74) is 1.63. The molecule has 0 radical (unpaired) electrons. The maximum absolute atomic E-state index is 5.33. The molecule has 0 atom stereocenters. The summed E-state index contributed by atoms with van der Waals surface area (Å²) < 4.78 is 5.33. The summed E-state index contributed by atoms with van der Waals surface area (Å²) in [6.07, 6.45) is 2.33. The van der Waals surface area contributed by atoms with Crippen LogP contribution in [0, 0.1) is 5.41 Å². The van der Waals surface area contributed by atoms with Gasteiger partial charge in [0.2, 0.25) is 0 Å². The number of nitrogens with zero attached hydrogens (tertiary/aromatic N) is 2. The second-order valence-electron chi connectivity index (χ2n) is 7.68. The summed E-state index contributed by atoms with van der Waals surface area (Å²) in [7, 11) is 0. The van der Waals surface area contributed by atoms with E-state index in [4.69, 9.17) is 9.73 Å². The normalized spacial score (nSPS) is 21.6. The maximum atomic E-state index is 5.33. The van der Waals surface area contributed by atoms with Gasteiger partial charge in [-0.3, -0.25) is 9.89 Å². The molecule has 0 aromatic heterocycles. The lowest BCUT2D eigenvalue weighted by Gasteiger charge is -2.37. The molecule has 0 unspecified atom stereocenters. The minimum absolute atomic E-state index is 0.224. The van der Waals surface area contributed by atoms with Gasteiger partial charge in [0.15, 0.2) is 5.96 Å². The van der Waals surface area contributed by atoms with Gasteiger partial charge in [-0.25, -0.2) is 0 Å². The van der Waals surface area contributed by atoms with E-state index in [0.29, 0.717) is 6.04 Å². The second kappa shape index (κ2) is 8.68. The van der Waals surface area contributed by atoms with Crippen molar-refractivity contribution >= 4 is 5.96 Å². The van der Waals surface area contributed by atoms with Crippen LogP contribution in [0.25, 0.3) is 0 Å². The number of guanidine groups is 1. The molecule has 2 aliphatic rings. The molecule has 5 nitrogen and oxygen atoms in total. The molecule has 5 heteroatoms. The van der Waals surface area contributed by atoms with Crippen molar-refractivity contribution in [2.75, 3.05) is 39.4 Å². The molecular weight excluding hydrogens is 312 g/mol. The fraction of sp³-hybridized carbons (Fsp3) is 0.650. The molecule has 2 fully saturated rings. The maximum Gasteiger partial charge on any atom is 0.191 e. The summed E-state index contributed by atoms with van der Waals surface area (Å²) in [4.78, 5) is 7.33. The average Bonchev–Trinajstić information content (AvgIpc) is 2.61. The van der Waals surface area contributed by atoms with Crippen molar-refractivity contribution in [1.29, 1.82) is 0 Å². The highest BCUT2D eigenvalue weighted by Gasteiger charge is 2.33. The lowest BCUT2D eigenvalue weighted by molar-refractivity contribution is -0.0945. The molecule has 0 saturated carbocycles. The Kier molecular flexibility index (Phi) is 6.32. The van der Waals surface area contributed by atoms with Gasteiger partial charge in [0.25, 0.3) is 0 Å².